The zero-order chi connectivity index (χ0) is 30.2. The summed E-state index contributed by atoms with van der Waals surface area (Å²) in [7, 11) is -3.42. The predicted molar refractivity (Wildman–Crippen MR) is 148 cm³/mol. The monoisotopic (exact) mass is 605 g/mol. The molecule has 2 amide bonds. The molecule has 5 rings (SSSR count). The molecule has 2 aromatic rings. The summed E-state index contributed by atoms with van der Waals surface area (Å²) in [6, 6.07) is 4.61. The number of Topliss-reactive ketones (excluding diaryl/α,β-unsaturated/α-hetero) is 2. The molecule has 1 aliphatic heterocycles. The van der Waals surface area contributed by atoms with Crippen LogP contribution in [0, 0.1) is 17.8 Å². The minimum absolute atomic E-state index is 0.0364. The number of carbonyl (C=O) groups excluding carboxylic acids is 4. The van der Waals surface area contributed by atoms with Crippen molar-refractivity contribution in [2.45, 2.75) is 63.8 Å². The molecule has 1 aromatic heterocycles. The van der Waals surface area contributed by atoms with Gasteiger partial charge in [0.25, 0.3) is 5.91 Å². The van der Waals surface area contributed by atoms with Gasteiger partial charge in [-0.3, -0.25) is 23.7 Å². The minimum Gasteiger partial charge on any atom is -0.496 e. The minimum atomic E-state index is -4.89. The second-order valence-electron chi connectivity index (χ2n) is 11.3. The molecule has 3 fully saturated rings. The van der Waals surface area contributed by atoms with Gasteiger partial charge in [-0.05, 0) is 62.1 Å². The van der Waals surface area contributed by atoms with Crippen molar-refractivity contribution in [2.75, 3.05) is 20.3 Å². The number of likely N-dealkylation sites (tertiary alicyclic amines) is 1. The Hall–Kier alpha value is -3.09. The highest BCUT2D eigenvalue weighted by atomic mass is 31.2. The van der Waals surface area contributed by atoms with Crippen LogP contribution in [0.5, 0.6) is 5.75 Å². The molecule has 1 aromatic carbocycles. The number of ether oxygens (including phenoxy) is 1. The van der Waals surface area contributed by atoms with Gasteiger partial charge in [0, 0.05) is 24.3 Å². The summed E-state index contributed by atoms with van der Waals surface area (Å²) in [5, 5.41) is 12.9. The van der Waals surface area contributed by atoms with Gasteiger partial charge in [0.2, 0.25) is 5.91 Å². The number of hydrogen-bond donors (Lipinski definition) is 4. The number of aliphatic hydroxyl groups is 1. The lowest BCUT2D eigenvalue weighted by molar-refractivity contribution is -0.133. The summed E-state index contributed by atoms with van der Waals surface area (Å²) < 4.78 is 23.1. The van der Waals surface area contributed by atoms with Crippen LogP contribution >= 0.6 is 7.82 Å². The van der Waals surface area contributed by atoms with Crippen molar-refractivity contribution in [1.82, 2.24) is 14.8 Å². The van der Waals surface area contributed by atoms with E-state index in [0.29, 0.717) is 42.5 Å². The third-order valence-electron chi connectivity index (χ3n) is 8.93. The maximum absolute atomic E-state index is 14.2. The molecule has 0 unspecified atom stereocenters. The van der Waals surface area contributed by atoms with Crippen LogP contribution in [0.4, 0.5) is 0 Å². The smallest absolute Gasteiger partial charge is 0.471 e. The average molecular weight is 606 g/mol. The van der Waals surface area contributed by atoms with E-state index in [2.05, 4.69) is 5.32 Å². The predicted octanol–water partition coefficient (Wildman–Crippen LogP) is 1.76. The SMILES string of the molecule is COc1cccc2c1cc(C(=O)N1C[C@@H]3CCC[C@@H]3[C@H]1C(=O)N[C@@H](C[C@@H]1CCCC1=O)C(=O)CO)n2COP(=O)(O)O. The molecule has 2 saturated carbocycles. The molecule has 0 radical (unpaired) electrons. The molecule has 4 N–H and O–H groups in total. The molecule has 228 valence electrons. The zero-order valence-corrected chi connectivity index (χ0v) is 24.2. The number of nitrogens with one attached hydrogen (secondary N) is 1. The third-order valence-corrected chi connectivity index (χ3v) is 9.38. The first-order valence-corrected chi connectivity index (χ1v) is 15.7. The Morgan fingerprint density at radius 1 is 1.17 bits per heavy atom. The van der Waals surface area contributed by atoms with Gasteiger partial charge < -0.3 is 34.4 Å². The molecule has 0 spiro atoms. The van der Waals surface area contributed by atoms with Gasteiger partial charge in [-0.15, -0.1) is 0 Å². The van der Waals surface area contributed by atoms with E-state index in [1.807, 2.05) is 0 Å². The van der Waals surface area contributed by atoms with E-state index in [1.54, 1.807) is 24.3 Å². The van der Waals surface area contributed by atoms with Crippen LogP contribution in [0.25, 0.3) is 10.9 Å². The highest BCUT2D eigenvalue weighted by molar-refractivity contribution is 7.46. The van der Waals surface area contributed by atoms with Crippen molar-refractivity contribution < 1.29 is 47.9 Å². The number of ketones is 2. The van der Waals surface area contributed by atoms with Gasteiger partial charge in [-0.25, -0.2) is 4.57 Å². The average Bonchev–Trinajstić information content (AvgIpc) is 3.73. The van der Waals surface area contributed by atoms with Crippen LogP contribution in [0.2, 0.25) is 0 Å². The Balaban J connectivity index is 1.47. The van der Waals surface area contributed by atoms with Gasteiger partial charge in [-0.1, -0.05) is 12.5 Å². The van der Waals surface area contributed by atoms with Crippen LogP contribution in [-0.2, 0) is 30.2 Å². The number of methoxy groups -OCH3 is 1. The second-order valence-corrected chi connectivity index (χ2v) is 12.6. The fourth-order valence-corrected chi connectivity index (χ4v) is 7.21. The lowest BCUT2D eigenvalue weighted by Gasteiger charge is -2.29. The maximum Gasteiger partial charge on any atom is 0.471 e. The van der Waals surface area contributed by atoms with E-state index in [4.69, 9.17) is 9.26 Å². The first-order chi connectivity index (χ1) is 20.0. The third kappa shape index (κ3) is 6.02. The second kappa shape index (κ2) is 12.3. The van der Waals surface area contributed by atoms with E-state index < -0.39 is 50.8 Å². The van der Waals surface area contributed by atoms with Crippen molar-refractivity contribution in [3.63, 3.8) is 0 Å². The molecule has 5 atom stereocenters. The topological polar surface area (TPSA) is 185 Å². The van der Waals surface area contributed by atoms with Crippen LogP contribution in [-0.4, -0.2) is 80.1 Å². The summed E-state index contributed by atoms with van der Waals surface area (Å²) in [6.45, 7) is -1.12. The number of fused-ring (bicyclic) bond motifs is 2. The van der Waals surface area contributed by atoms with Crippen molar-refractivity contribution in [2.24, 2.45) is 17.8 Å². The number of aliphatic hydroxyl groups excluding tert-OH is 1. The van der Waals surface area contributed by atoms with Crippen LogP contribution in [0.3, 0.4) is 0 Å². The highest BCUT2D eigenvalue weighted by Gasteiger charge is 2.50. The Labute approximate surface area is 242 Å². The van der Waals surface area contributed by atoms with Crippen LogP contribution in [0.15, 0.2) is 24.3 Å². The van der Waals surface area contributed by atoms with Crippen LogP contribution < -0.4 is 10.1 Å². The molecule has 42 heavy (non-hydrogen) atoms. The molecular weight excluding hydrogens is 569 g/mol. The standard InChI is InChI=1S/C28H36N3O10P/c1-40-25-10-4-8-21-19(25)12-22(31(21)15-41-42(37,38)39)28(36)30-13-17-6-2-7-18(17)26(30)27(35)29-20(24(34)14-32)11-16-5-3-9-23(16)33/h4,8,10,12,16-18,20,26,32H,2-3,5-7,9,11,13-15H2,1H3,(H,29,35)(H2,37,38,39)/t16-,17-,18-,20-,26-/m0/s1. The molecular formula is C28H36N3O10P. The van der Waals surface area contributed by atoms with E-state index in [1.165, 1.54) is 16.6 Å². The highest BCUT2D eigenvalue weighted by Crippen LogP contribution is 2.44. The summed E-state index contributed by atoms with van der Waals surface area (Å²) in [5.41, 5.74) is 0.502. The van der Waals surface area contributed by atoms with E-state index in [-0.39, 0.29) is 35.7 Å². The molecule has 13 nitrogen and oxygen atoms in total. The molecule has 0 bridgehead atoms. The normalized spacial score (nSPS) is 24.7. The molecule has 3 aliphatic rings. The van der Waals surface area contributed by atoms with Gasteiger partial charge >= 0.3 is 7.82 Å². The molecule has 1 saturated heterocycles. The maximum atomic E-state index is 14.2. The summed E-state index contributed by atoms with van der Waals surface area (Å²) in [4.78, 5) is 73.1. The van der Waals surface area contributed by atoms with Gasteiger partial charge in [0.15, 0.2) is 5.78 Å². The van der Waals surface area contributed by atoms with E-state index in [0.717, 1.165) is 19.3 Å². The Bertz CT molecular complexity index is 1430. The quantitative estimate of drug-likeness (QED) is 0.275. The fraction of sp³-hybridized carbons (Fsp3) is 0.571. The largest absolute Gasteiger partial charge is 0.496 e. The number of phosphoric acid groups is 1. The number of amides is 2. The number of benzene rings is 1. The first kappa shape index (κ1) is 30.4. The summed E-state index contributed by atoms with van der Waals surface area (Å²) in [5.74, 6) is -1.63. The Morgan fingerprint density at radius 3 is 2.62 bits per heavy atom. The first-order valence-electron chi connectivity index (χ1n) is 14.2. The van der Waals surface area contributed by atoms with Crippen LogP contribution in [0.1, 0.15) is 55.4 Å². The summed E-state index contributed by atoms with van der Waals surface area (Å²) in [6.07, 6.45) is 4.30. The number of aromatic nitrogens is 1. The number of nitrogens with zero attached hydrogens (tertiary/aromatic N) is 2. The Morgan fingerprint density at radius 2 is 1.95 bits per heavy atom. The number of carbonyl (C=O) groups is 4. The lowest BCUT2D eigenvalue weighted by Crippen LogP contribution is -2.53. The molecule has 14 heteroatoms. The lowest BCUT2D eigenvalue weighted by atomic mass is 9.91. The van der Waals surface area contributed by atoms with Gasteiger partial charge in [-0.2, -0.15) is 0 Å². The van der Waals surface area contributed by atoms with Crippen molar-refractivity contribution >= 4 is 42.1 Å². The Kier molecular flexibility index (Phi) is 8.86. The van der Waals surface area contributed by atoms with Crippen molar-refractivity contribution in [1.29, 1.82) is 0 Å². The molecule has 2 aliphatic carbocycles. The number of hydrogen-bond acceptors (Lipinski definition) is 8. The number of phosphoric ester groups is 1. The van der Waals surface area contributed by atoms with E-state index in [9.17, 15) is 38.6 Å². The summed E-state index contributed by atoms with van der Waals surface area (Å²) >= 11 is 0. The molecule has 2 heterocycles. The van der Waals surface area contributed by atoms with E-state index >= 15 is 0 Å². The van der Waals surface area contributed by atoms with Crippen molar-refractivity contribution in [3.05, 3.63) is 30.0 Å². The number of rotatable bonds is 11. The van der Waals surface area contributed by atoms with Crippen molar-refractivity contribution in [3.8, 4) is 5.75 Å². The van der Waals surface area contributed by atoms with Gasteiger partial charge in [0.05, 0.1) is 18.7 Å². The fourth-order valence-electron chi connectivity index (χ4n) is 6.94. The zero-order valence-electron chi connectivity index (χ0n) is 23.3. The van der Waals surface area contributed by atoms with Gasteiger partial charge in [0.1, 0.15) is 36.6 Å².